The third-order valence-electron chi connectivity index (χ3n) is 3.97. The Balaban J connectivity index is 1.99. The van der Waals surface area contributed by atoms with E-state index < -0.39 is 21.9 Å². The number of imidazole rings is 1. The number of hydrogen-bond acceptors (Lipinski definition) is 4. The molecule has 1 aromatic heterocycles. The fraction of sp³-hybridized carbons (Fsp3) is 0.375. The van der Waals surface area contributed by atoms with Crippen molar-refractivity contribution in [3.8, 4) is 0 Å². The zero-order valence-corrected chi connectivity index (χ0v) is 14.3. The minimum Gasteiger partial charge on any atom is -0.481 e. The molecular weight excluding hydrogens is 330 g/mol. The molecule has 1 aliphatic rings. The Labute approximate surface area is 140 Å². The fourth-order valence-corrected chi connectivity index (χ4v) is 4.36. The molecule has 1 aliphatic heterocycles. The van der Waals surface area contributed by atoms with Gasteiger partial charge < -0.3 is 9.67 Å². The van der Waals surface area contributed by atoms with Gasteiger partial charge in [0.1, 0.15) is 5.92 Å². The summed E-state index contributed by atoms with van der Waals surface area (Å²) in [5.41, 5.74) is 0.915. The lowest BCUT2D eigenvalue weighted by Crippen LogP contribution is -2.31. The van der Waals surface area contributed by atoms with E-state index in [9.17, 15) is 18.3 Å². The lowest BCUT2D eigenvalue weighted by atomic mass is 10.0. The number of carbonyl (C=O) groups is 1. The lowest BCUT2D eigenvalue weighted by Gasteiger charge is -2.18. The van der Waals surface area contributed by atoms with Gasteiger partial charge in [0, 0.05) is 12.7 Å². The van der Waals surface area contributed by atoms with E-state index in [0.717, 1.165) is 4.31 Å². The zero-order valence-electron chi connectivity index (χ0n) is 13.5. The minimum absolute atomic E-state index is 0.0657. The molecule has 24 heavy (non-hydrogen) atoms. The van der Waals surface area contributed by atoms with Gasteiger partial charge in [-0.2, -0.15) is 8.42 Å². The molecule has 2 heterocycles. The number of benzene rings is 1. The van der Waals surface area contributed by atoms with Gasteiger partial charge in [-0.1, -0.05) is 32.0 Å². The summed E-state index contributed by atoms with van der Waals surface area (Å²) in [6.45, 7) is 4.61. The molecular formula is C16H19N3O4S. The summed E-state index contributed by atoms with van der Waals surface area (Å²) in [4.78, 5) is 15.5. The van der Waals surface area contributed by atoms with E-state index in [1.54, 1.807) is 28.8 Å². The Morgan fingerprint density at radius 1 is 1.38 bits per heavy atom. The number of para-hydroxylation sites is 1. The van der Waals surface area contributed by atoms with Crippen LogP contribution in [0.2, 0.25) is 0 Å². The maximum atomic E-state index is 12.9. The molecule has 0 fully saturated rings. The molecule has 8 heteroatoms. The normalized spacial score (nSPS) is 17.3. The van der Waals surface area contributed by atoms with Crippen molar-refractivity contribution in [2.45, 2.75) is 31.3 Å². The third-order valence-corrected chi connectivity index (χ3v) is 5.63. The van der Waals surface area contributed by atoms with Crippen LogP contribution in [0.3, 0.4) is 0 Å². The first-order chi connectivity index (χ1) is 11.3. The molecule has 7 nitrogen and oxygen atoms in total. The Hall–Kier alpha value is -2.35. The number of aliphatic carboxylic acids is 1. The maximum Gasteiger partial charge on any atom is 0.312 e. The lowest BCUT2D eigenvalue weighted by molar-refractivity contribution is -0.138. The summed E-state index contributed by atoms with van der Waals surface area (Å²) in [6.07, 6.45) is 2.98. The van der Waals surface area contributed by atoms with Crippen molar-refractivity contribution in [3.63, 3.8) is 0 Å². The second-order valence-electron chi connectivity index (χ2n) is 6.29. The van der Waals surface area contributed by atoms with Gasteiger partial charge in [-0.05, 0) is 17.5 Å². The Morgan fingerprint density at radius 3 is 2.75 bits per heavy atom. The number of nitrogens with zero attached hydrogens (tertiary/aromatic N) is 3. The van der Waals surface area contributed by atoms with Crippen LogP contribution in [0.5, 0.6) is 0 Å². The van der Waals surface area contributed by atoms with Crippen molar-refractivity contribution < 1.29 is 18.3 Å². The second kappa shape index (κ2) is 5.94. The molecule has 1 unspecified atom stereocenters. The van der Waals surface area contributed by atoms with Crippen LogP contribution < -0.4 is 4.31 Å². The predicted molar refractivity (Wildman–Crippen MR) is 88.4 cm³/mol. The van der Waals surface area contributed by atoms with Crippen LogP contribution in [0.25, 0.3) is 0 Å². The Bertz CT molecular complexity index is 873. The van der Waals surface area contributed by atoms with Crippen LogP contribution in [0, 0.1) is 5.92 Å². The van der Waals surface area contributed by atoms with Crippen molar-refractivity contribution in [2.75, 3.05) is 10.8 Å². The summed E-state index contributed by atoms with van der Waals surface area (Å²) in [5.74, 6) is -1.54. The van der Waals surface area contributed by atoms with Crippen LogP contribution in [0.15, 0.2) is 41.8 Å². The summed E-state index contributed by atoms with van der Waals surface area (Å²) >= 11 is 0. The van der Waals surface area contributed by atoms with Crippen molar-refractivity contribution in [1.29, 1.82) is 0 Å². The van der Waals surface area contributed by atoms with Crippen LogP contribution in [0.4, 0.5) is 5.69 Å². The van der Waals surface area contributed by atoms with Gasteiger partial charge in [-0.15, -0.1) is 0 Å². The van der Waals surface area contributed by atoms with Crippen LogP contribution in [-0.2, 0) is 21.4 Å². The molecule has 1 atom stereocenters. The summed E-state index contributed by atoms with van der Waals surface area (Å²) in [6, 6.07) is 6.69. The molecule has 0 spiro atoms. The molecule has 1 N–H and O–H groups in total. The molecule has 0 aliphatic carbocycles. The summed E-state index contributed by atoms with van der Waals surface area (Å²) < 4.78 is 28.7. The van der Waals surface area contributed by atoms with Gasteiger partial charge in [0.25, 0.3) is 10.0 Å². The Kier molecular flexibility index (Phi) is 4.08. The highest BCUT2D eigenvalue weighted by molar-refractivity contribution is 7.92. The van der Waals surface area contributed by atoms with E-state index in [-0.39, 0.29) is 11.6 Å². The highest BCUT2D eigenvalue weighted by Gasteiger charge is 2.40. The molecule has 0 bridgehead atoms. The number of sulfonamides is 1. The molecule has 0 radical (unpaired) electrons. The van der Waals surface area contributed by atoms with Gasteiger partial charge >= 0.3 is 5.97 Å². The van der Waals surface area contributed by atoms with E-state index in [1.807, 2.05) is 13.8 Å². The standard InChI is InChI=1S/C16H19N3O4S/c1-11(2)7-18-9-15(17-10-18)24(22,23)19-8-13(16(20)21)12-5-3-4-6-14(12)19/h3-6,9-11,13H,7-8H2,1-2H3,(H,20,21). The first-order valence-corrected chi connectivity index (χ1v) is 9.11. The van der Waals surface area contributed by atoms with Crippen molar-refractivity contribution in [2.24, 2.45) is 5.92 Å². The van der Waals surface area contributed by atoms with Crippen molar-refractivity contribution in [3.05, 3.63) is 42.4 Å². The molecule has 2 aromatic rings. The first-order valence-electron chi connectivity index (χ1n) is 7.67. The SMILES string of the molecule is CC(C)Cn1cnc(S(=O)(=O)N2CC(C(=O)O)c3ccccc32)c1. The van der Waals surface area contributed by atoms with Gasteiger partial charge in [0.05, 0.1) is 18.6 Å². The molecule has 0 amide bonds. The van der Waals surface area contributed by atoms with E-state index in [4.69, 9.17) is 0 Å². The van der Waals surface area contributed by atoms with E-state index in [0.29, 0.717) is 23.7 Å². The van der Waals surface area contributed by atoms with E-state index >= 15 is 0 Å². The van der Waals surface area contributed by atoms with Gasteiger partial charge in [-0.3, -0.25) is 9.10 Å². The molecule has 1 aromatic carbocycles. The predicted octanol–water partition coefficient (Wildman–Crippen LogP) is 1.92. The minimum atomic E-state index is -3.90. The second-order valence-corrected chi connectivity index (χ2v) is 8.10. The highest BCUT2D eigenvalue weighted by Crippen LogP contribution is 2.39. The highest BCUT2D eigenvalue weighted by atomic mass is 32.2. The topological polar surface area (TPSA) is 92.5 Å². The molecule has 0 saturated carbocycles. The molecule has 128 valence electrons. The molecule has 3 rings (SSSR count). The van der Waals surface area contributed by atoms with Crippen LogP contribution in [0.1, 0.15) is 25.3 Å². The number of rotatable bonds is 5. The maximum absolute atomic E-state index is 12.9. The van der Waals surface area contributed by atoms with Crippen LogP contribution >= 0.6 is 0 Å². The average Bonchev–Trinajstić information content (AvgIpc) is 3.11. The number of fused-ring (bicyclic) bond motifs is 1. The molecule has 0 saturated heterocycles. The monoisotopic (exact) mass is 349 g/mol. The third kappa shape index (κ3) is 2.77. The zero-order chi connectivity index (χ0) is 17.5. The number of carboxylic acid groups (broad SMARTS) is 1. The van der Waals surface area contributed by atoms with Gasteiger partial charge in [0.2, 0.25) is 0 Å². The van der Waals surface area contributed by atoms with Crippen molar-refractivity contribution in [1.82, 2.24) is 9.55 Å². The first kappa shape index (κ1) is 16.5. The summed E-state index contributed by atoms with van der Waals surface area (Å²) in [5, 5.41) is 9.31. The quantitative estimate of drug-likeness (QED) is 0.890. The van der Waals surface area contributed by atoms with Crippen LogP contribution in [-0.4, -0.2) is 35.6 Å². The van der Waals surface area contributed by atoms with Gasteiger partial charge in [0.15, 0.2) is 5.03 Å². The van der Waals surface area contributed by atoms with E-state index in [1.165, 1.54) is 12.5 Å². The number of anilines is 1. The Morgan fingerprint density at radius 2 is 2.08 bits per heavy atom. The number of hydrogen-bond donors (Lipinski definition) is 1. The number of carboxylic acids is 1. The van der Waals surface area contributed by atoms with E-state index in [2.05, 4.69) is 4.98 Å². The number of aromatic nitrogens is 2. The average molecular weight is 349 g/mol. The van der Waals surface area contributed by atoms with Crippen molar-refractivity contribution >= 4 is 21.7 Å². The van der Waals surface area contributed by atoms with Gasteiger partial charge in [-0.25, -0.2) is 4.98 Å². The largest absolute Gasteiger partial charge is 0.481 e. The smallest absolute Gasteiger partial charge is 0.312 e. The fourth-order valence-electron chi connectivity index (χ4n) is 2.92. The summed E-state index contributed by atoms with van der Waals surface area (Å²) in [7, 11) is -3.90.